The Morgan fingerprint density at radius 2 is 1.52 bits per heavy atom. The van der Waals surface area contributed by atoms with E-state index in [1.165, 1.54) is 0 Å². The third-order valence-corrected chi connectivity index (χ3v) is 5.97. The first-order chi connectivity index (χ1) is 13.4. The third-order valence-electron chi connectivity index (χ3n) is 4.29. The van der Waals surface area contributed by atoms with E-state index in [1.807, 2.05) is 24.3 Å². The van der Waals surface area contributed by atoms with Crippen LogP contribution in [0.5, 0.6) is 23.0 Å². The van der Waals surface area contributed by atoms with Crippen molar-refractivity contribution in [3.8, 4) is 23.0 Å². The summed E-state index contributed by atoms with van der Waals surface area (Å²) in [6.07, 6.45) is -0.0712. The summed E-state index contributed by atoms with van der Waals surface area (Å²) in [6, 6.07) is 11.4. The van der Waals surface area contributed by atoms with E-state index in [9.17, 15) is 4.79 Å². The fraction of sp³-hybridized carbons (Fsp3) is 0.409. The van der Waals surface area contributed by atoms with Crippen molar-refractivity contribution in [2.75, 3.05) is 7.11 Å². The third kappa shape index (κ3) is 5.42. The predicted octanol–water partition coefficient (Wildman–Crippen LogP) is 5.83. The molecule has 0 bridgehead atoms. The molecule has 7 heteroatoms. The second kappa shape index (κ2) is 7.87. The minimum Gasteiger partial charge on any atom is -0.544 e. The molecule has 0 aromatic heterocycles. The van der Waals surface area contributed by atoms with Gasteiger partial charge in [0, 0.05) is 12.1 Å². The highest BCUT2D eigenvalue weighted by Crippen LogP contribution is 2.43. The molecule has 0 saturated carbocycles. The fourth-order valence-corrected chi connectivity index (χ4v) is 4.88. The standard InChI is InChI=1S/C22H30O5Si2/c1-24-17-12-20-22(21(13-17)27-29(5,6)7)18(23)14-19(25-20)15-8-10-16(11-9-15)26-28(2,3)4/h8-13,19H,14H2,1-7H3. The van der Waals surface area contributed by atoms with Crippen LogP contribution in [0.4, 0.5) is 0 Å². The maximum atomic E-state index is 13.0. The van der Waals surface area contributed by atoms with Gasteiger partial charge in [0.1, 0.15) is 34.7 Å². The lowest BCUT2D eigenvalue weighted by molar-refractivity contribution is 0.0846. The Morgan fingerprint density at radius 1 is 0.897 bits per heavy atom. The number of carbonyl (C=O) groups excluding carboxylic acids is 1. The Balaban J connectivity index is 1.90. The Kier molecular flexibility index (Phi) is 5.82. The first kappa shape index (κ1) is 21.5. The van der Waals surface area contributed by atoms with E-state index in [0.29, 0.717) is 22.8 Å². The van der Waals surface area contributed by atoms with Gasteiger partial charge in [-0.05, 0) is 57.0 Å². The number of hydrogen-bond donors (Lipinski definition) is 0. The number of hydrogen-bond acceptors (Lipinski definition) is 5. The highest BCUT2D eigenvalue weighted by molar-refractivity contribution is 6.70. The van der Waals surface area contributed by atoms with Crippen molar-refractivity contribution in [3.63, 3.8) is 0 Å². The van der Waals surface area contributed by atoms with Crippen LogP contribution in [0.2, 0.25) is 39.3 Å². The van der Waals surface area contributed by atoms with E-state index in [4.69, 9.17) is 18.3 Å². The van der Waals surface area contributed by atoms with Crippen LogP contribution in [0.3, 0.4) is 0 Å². The van der Waals surface area contributed by atoms with Gasteiger partial charge in [0.05, 0.1) is 13.5 Å². The second-order valence-corrected chi connectivity index (χ2v) is 18.1. The molecule has 1 atom stereocenters. The molecule has 29 heavy (non-hydrogen) atoms. The molecule has 1 heterocycles. The molecule has 1 aliphatic rings. The van der Waals surface area contributed by atoms with Gasteiger partial charge in [-0.2, -0.15) is 0 Å². The number of methoxy groups -OCH3 is 1. The lowest BCUT2D eigenvalue weighted by Crippen LogP contribution is -2.31. The summed E-state index contributed by atoms with van der Waals surface area (Å²) < 4.78 is 23.8. The van der Waals surface area contributed by atoms with Crippen molar-refractivity contribution in [1.29, 1.82) is 0 Å². The van der Waals surface area contributed by atoms with Crippen molar-refractivity contribution in [2.45, 2.75) is 51.8 Å². The van der Waals surface area contributed by atoms with Crippen molar-refractivity contribution < 1.29 is 23.1 Å². The van der Waals surface area contributed by atoms with Gasteiger partial charge in [0.15, 0.2) is 5.78 Å². The zero-order valence-electron chi connectivity index (χ0n) is 18.3. The van der Waals surface area contributed by atoms with Gasteiger partial charge >= 0.3 is 0 Å². The molecule has 1 unspecified atom stereocenters. The van der Waals surface area contributed by atoms with E-state index in [1.54, 1.807) is 19.2 Å². The van der Waals surface area contributed by atoms with Crippen molar-refractivity contribution in [1.82, 2.24) is 0 Å². The monoisotopic (exact) mass is 430 g/mol. The molecular weight excluding hydrogens is 400 g/mol. The Hall–Kier alpha value is -2.26. The van der Waals surface area contributed by atoms with Crippen LogP contribution in [0.15, 0.2) is 36.4 Å². The van der Waals surface area contributed by atoms with Gasteiger partial charge in [-0.15, -0.1) is 0 Å². The number of carbonyl (C=O) groups is 1. The number of fused-ring (bicyclic) bond motifs is 1. The Bertz CT molecular complexity index is 895. The summed E-state index contributed by atoms with van der Waals surface area (Å²) in [5.41, 5.74) is 1.46. The largest absolute Gasteiger partial charge is 0.544 e. The van der Waals surface area contributed by atoms with E-state index in [0.717, 1.165) is 11.3 Å². The molecule has 5 nitrogen and oxygen atoms in total. The highest BCUT2D eigenvalue weighted by atomic mass is 28.4. The molecule has 0 amide bonds. The average Bonchev–Trinajstić information content (AvgIpc) is 2.58. The van der Waals surface area contributed by atoms with Crippen molar-refractivity contribution in [3.05, 3.63) is 47.5 Å². The minimum atomic E-state index is -1.90. The molecule has 156 valence electrons. The maximum absolute atomic E-state index is 13.0. The molecule has 0 spiro atoms. The quantitative estimate of drug-likeness (QED) is 0.540. The first-order valence-electron chi connectivity index (χ1n) is 9.85. The zero-order valence-corrected chi connectivity index (χ0v) is 20.3. The number of benzene rings is 2. The van der Waals surface area contributed by atoms with Crippen LogP contribution >= 0.6 is 0 Å². The summed E-state index contributed by atoms with van der Waals surface area (Å²) in [6.45, 7) is 12.7. The van der Waals surface area contributed by atoms with E-state index in [-0.39, 0.29) is 18.3 Å². The summed E-state index contributed by atoms with van der Waals surface area (Å²) in [7, 11) is -1.97. The molecule has 3 rings (SSSR count). The van der Waals surface area contributed by atoms with Crippen LogP contribution in [0.25, 0.3) is 0 Å². The van der Waals surface area contributed by atoms with Crippen LogP contribution in [-0.4, -0.2) is 29.5 Å². The lowest BCUT2D eigenvalue weighted by Gasteiger charge is -2.29. The van der Waals surface area contributed by atoms with Gasteiger partial charge < -0.3 is 18.3 Å². The first-order valence-corrected chi connectivity index (χ1v) is 16.7. The maximum Gasteiger partial charge on any atom is 0.242 e. The van der Waals surface area contributed by atoms with Gasteiger partial charge in [-0.3, -0.25) is 4.79 Å². The number of ketones is 1. The average molecular weight is 431 g/mol. The number of Topliss-reactive ketones (excluding diaryl/α,β-unsaturated/α-hetero) is 1. The van der Waals surface area contributed by atoms with E-state index < -0.39 is 16.6 Å². The topological polar surface area (TPSA) is 54.0 Å². The summed E-state index contributed by atoms with van der Waals surface area (Å²) in [5.74, 6) is 2.56. The van der Waals surface area contributed by atoms with E-state index >= 15 is 0 Å². The van der Waals surface area contributed by atoms with Crippen molar-refractivity contribution in [2.24, 2.45) is 0 Å². The van der Waals surface area contributed by atoms with Gasteiger partial charge in [-0.1, -0.05) is 12.1 Å². The molecular formula is C22H30O5Si2. The van der Waals surface area contributed by atoms with Crippen LogP contribution < -0.4 is 18.3 Å². The molecule has 0 aliphatic carbocycles. The SMILES string of the molecule is COc1cc2c(c(O[Si](C)(C)C)c1)C(=O)CC(c1ccc(O[Si](C)(C)C)cc1)O2. The fourth-order valence-electron chi connectivity index (χ4n) is 3.22. The lowest BCUT2D eigenvalue weighted by atomic mass is 9.95. The van der Waals surface area contributed by atoms with Crippen molar-refractivity contribution >= 4 is 22.4 Å². The smallest absolute Gasteiger partial charge is 0.242 e. The molecule has 0 fully saturated rings. The zero-order chi connectivity index (χ0) is 21.4. The highest BCUT2D eigenvalue weighted by Gasteiger charge is 2.33. The molecule has 0 radical (unpaired) electrons. The summed E-state index contributed by atoms with van der Waals surface area (Å²) >= 11 is 0. The molecule has 2 aromatic rings. The summed E-state index contributed by atoms with van der Waals surface area (Å²) in [4.78, 5) is 13.0. The normalized spacial score (nSPS) is 16.7. The molecule has 1 aliphatic heterocycles. The van der Waals surface area contributed by atoms with Crippen LogP contribution in [-0.2, 0) is 0 Å². The Morgan fingerprint density at radius 3 is 2.07 bits per heavy atom. The summed E-state index contributed by atoms with van der Waals surface area (Å²) in [5, 5.41) is 0. The number of rotatable bonds is 6. The Labute approximate surface area is 175 Å². The number of ether oxygens (including phenoxy) is 2. The van der Waals surface area contributed by atoms with Crippen LogP contribution in [0.1, 0.15) is 28.4 Å². The molecule has 2 aromatic carbocycles. The van der Waals surface area contributed by atoms with Gasteiger partial charge in [0.2, 0.25) is 16.6 Å². The predicted molar refractivity (Wildman–Crippen MR) is 120 cm³/mol. The minimum absolute atomic E-state index is 0.0228. The second-order valence-electron chi connectivity index (χ2n) is 9.23. The van der Waals surface area contributed by atoms with Crippen LogP contribution in [0, 0.1) is 0 Å². The van der Waals surface area contributed by atoms with Gasteiger partial charge in [0.25, 0.3) is 0 Å². The van der Waals surface area contributed by atoms with E-state index in [2.05, 4.69) is 39.3 Å². The molecule has 0 N–H and O–H groups in total. The molecule has 0 saturated heterocycles. The van der Waals surface area contributed by atoms with Gasteiger partial charge in [-0.25, -0.2) is 0 Å².